The van der Waals surface area contributed by atoms with Gasteiger partial charge in [-0.1, -0.05) is 25.5 Å². The molecular weight excluding hydrogens is 367 g/mol. The van der Waals surface area contributed by atoms with Crippen molar-refractivity contribution in [1.29, 1.82) is 0 Å². The van der Waals surface area contributed by atoms with Crippen molar-refractivity contribution in [2.45, 2.75) is 25.3 Å². The van der Waals surface area contributed by atoms with Crippen molar-refractivity contribution in [1.82, 2.24) is 4.72 Å². The zero-order valence-corrected chi connectivity index (χ0v) is 14.4. The number of Topliss-reactive ketones (excluding diaryl/α,β-unsaturated/α-hetero) is 1. The molecule has 0 aliphatic carbocycles. The largest absolute Gasteiger partial charge is 0.516 e. The lowest BCUT2D eigenvalue weighted by Gasteiger charge is -2.10. The van der Waals surface area contributed by atoms with Crippen LogP contribution in [0.25, 0.3) is 0 Å². The van der Waals surface area contributed by atoms with Crippen LogP contribution < -0.4 is 4.72 Å². The van der Waals surface area contributed by atoms with Crippen molar-refractivity contribution in [3.8, 4) is 0 Å². The fourth-order valence-electron chi connectivity index (χ4n) is 1.57. The second kappa shape index (κ2) is 8.52. The van der Waals surface area contributed by atoms with Gasteiger partial charge in [0, 0.05) is 11.1 Å². The summed E-state index contributed by atoms with van der Waals surface area (Å²) in [5, 5.41) is 0. The number of halogens is 3. The molecule has 0 aliphatic rings. The van der Waals surface area contributed by atoms with Gasteiger partial charge in [-0.3, -0.25) is 9.59 Å². The molecule has 1 N–H and O–H groups in total. The average Bonchev–Trinajstić information content (AvgIpc) is 2.50. The first-order chi connectivity index (χ1) is 11.1. The number of thioether (sulfide) groups is 1. The lowest BCUT2D eigenvalue weighted by atomic mass is 10.1. The van der Waals surface area contributed by atoms with Crippen LogP contribution in [0.1, 0.15) is 40.5 Å². The van der Waals surface area contributed by atoms with Crippen molar-refractivity contribution in [3.63, 3.8) is 0 Å². The van der Waals surface area contributed by atoms with Crippen LogP contribution in [0.15, 0.2) is 24.3 Å². The molecule has 0 atom stereocenters. The lowest BCUT2D eigenvalue weighted by Crippen LogP contribution is -2.40. The molecule has 1 aromatic carbocycles. The van der Waals surface area contributed by atoms with Crippen LogP contribution in [-0.4, -0.2) is 37.1 Å². The molecule has 134 valence electrons. The molecule has 0 bridgehead atoms. The van der Waals surface area contributed by atoms with E-state index < -0.39 is 21.4 Å². The monoisotopic (exact) mass is 383 g/mol. The number of carbonyl (C=O) groups is 2. The van der Waals surface area contributed by atoms with E-state index in [0.29, 0.717) is 0 Å². The summed E-state index contributed by atoms with van der Waals surface area (Å²) in [5.74, 6) is -0.761. The van der Waals surface area contributed by atoms with Gasteiger partial charge in [0.05, 0.1) is 5.75 Å². The van der Waals surface area contributed by atoms with Crippen molar-refractivity contribution < 1.29 is 31.2 Å². The minimum atomic E-state index is -5.79. The highest BCUT2D eigenvalue weighted by atomic mass is 32.2. The predicted octanol–water partition coefficient (Wildman–Crippen LogP) is 2.98. The van der Waals surface area contributed by atoms with Gasteiger partial charge in [-0.15, -0.1) is 0 Å². The van der Waals surface area contributed by atoms with Crippen LogP contribution in [0.3, 0.4) is 0 Å². The molecule has 10 heteroatoms. The van der Waals surface area contributed by atoms with E-state index in [1.807, 2.05) is 6.92 Å². The van der Waals surface area contributed by atoms with Crippen molar-refractivity contribution in [2.24, 2.45) is 0 Å². The molecule has 24 heavy (non-hydrogen) atoms. The minimum Gasteiger partial charge on any atom is -0.293 e. The van der Waals surface area contributed by atoms with E-state index in [0.717, 1.165) is 35.4 Å². The van der Waals surface area contributed by atoms with E-state index in [2.05, 4.69) is 0 Å². The SMILES string of the molecule is CCCCSCC(=O)c1cccc(C(=O)NS(=O)(=O)C(F)(F)F)c1. The highest BCUT2D eigenvalue weighted by Gasteiger charge is 2.47. The second-order valence-corrected chi connectivity index (χ2v) is 7.57. The van der Waals surface area contributed by atoms with Gasteiger partial charge in [-0.05, 0) is 24.3 Å². The first-order valence-corrected chi connectivity index (χ1v) is 9.56. The summed E-state index contributed by atoms with van der Waals surface area (Å²) < 4.78 is 59.6. The molecule has 0 unspecified atom stereocenters. The van der Waals surface area contributed by atoms with E-state index in [-0.39, 0.29) is 22.7 Å². The summed E-state index contributed by atoms with van der Waals surface area (Å²) in [7, 11) is -5.79. The number of amides is 1. The third-order valence-corrected chi connectivity index (χ3v) is 4.96. The molecule has 0 radical (unpaired) electrons. The van der Waals surface area contributed by atoms with Crippen molar-refractivity contribution in [2.75, 3.05) is 11.5 Å². The Labute approximate surface area is 142 Å². The highest BCUT2D eigenvalue weighted by molar-refractivity contribution is 7.99. The first kappa shape index (κ1) is 20.5. The van der Waals surface area contributed by atoms with Gasteiger partial charge in [0.2, 0.25) is 0 Å². The van der Waals surface area contributed by atoms with Gasteiger partial charge >= 0.3 is 15.5 Å². The predicted molar refractivity (Wildman–Crippen MR) is 85.4 cm³/mol. The molecule has 0 aliphatic heterocycles. The molecule has 1 rings (SSSR count). The Kier molecular flexibility index (Phi) is 7.27. The van der Waals surface area contributed by atoms with Crippen molar-refractivity contribution in [3.05, 3.63) is 35.4 Å². The Morgan fingerprint density at radius 1 is 1.21 bits per heavy atom. The van der Waals surface area contributed by atoms with E-state index in [9.17, 15) is 31.2 Å². The molecule has 1 aromatic rings. The lowest BCUT2D eigenvalue weighted by molar-refractivity contribution is -0.0446. The quantitative estimate of drug-likeness (QED) is 0.551. The molecule has 0 heterocycles. The molecule has 1 amide bonds. The third-order valence-electron chi connectivity index (χ3n) is 2.85. The number of nitrogens with one attached hydrogen (secondary N) is 1. The molecular formula is C14H16F3NO4S2. The standard InChI is InChI=1S/C14H16F3NO4S2/c1-2-3-7-23-9-12(19)10-5-4-6-11(8-10)13(20)18-24(21,22)14(15,16)17/h4-6,8H,2-3,7,9H2,1H3,(H,18,20). The minimum absolute atomic E-state index is 0.135. The number of hydrogen-bond acceptors (Lipinski definition) is 5. The van der Waals surface area contributed by atoms with Gasteiger partial charge < -0.3 is 0 Å². The number of benzene rings is 1. The maximum Gasteiger partial charge on any atom is 0.516 e. The summed E-state index contributed by atoms with van der Waals surface area (Å²) in [5.41, 5.74) is -5.80. The molecule has 0 aromatic heterocycles. The van der Waals surface area contributed by atoms with E-state index in [1.54, 1.807) is 0 Å². The molecule has 0 fully saturated rings. The third kappa shape index (κ3) is 5.82. The number of alkyl halides is 3. The number of carbonyl (C=O) groups excluding carboxylic acids is 2. The van der Waals surface area contributed by atoms with Crippen LogP contribution in [0.2, 0.25) is 0 Å². The summed E-state index contributed by atoms with van der Waals surface area (Å²) in [4.78, 5) is 23.7. The average molecular weight is 383 g/mol. The fourth-order valence-corrected chi connectivity index (χ4v) is 3.03. The molecule has 0 saturated carbocycles. The second-order valence-electron chi connectivity index (χ2n) is 4.79. The van der Waals surface area contributed by atoms with Crippen molar-refractivity contribution >= 4 is 33.5 Å². The maximum atomic E-state index is 12.3. The number of sulfonamides is 1. The summed E-state index contributed by atoms with van der Waals surface area (Å²) >= 11 is 1.41. The van der Waals surface area contributed by atoms with Gasteiger partial charge in [-0.2, -0.15) is 33.4 Å². The Hall–Kier alpha value is -1.55. The molecule has 0 spiro atoms. The summed E-state index contributed by atoms with van der Waals surface area (Å²) in [6.07, 6.45) is 1.94. The van der Waals surface area contributed by atoms with E-state index in [1.165, 1.54) is 23.9 Å². The van der Waals surface area contributed by atoms with Gasteiger partial charge in [0.15, 0.2) is 5.78 Å². The molecule has 5 nitrogen and oxygen atoms in total. The van der Waals surface area contributed by atoms with Gasteiger partial charge in [0.1, 0.15) is 0 Å². The fraction of sp³-hybridized carbons (Fsp3) is 0.429. The number of unbranched alkanes of at least 4 members (excludes halogenated alkanes) is 1. The topological polar surface area (TPSA) is 80.3 Å². The normalized spacial score (nSPS) is 12.0. The van der Waals surface area contributed by atoms with Crippen LogP contribution in [0, 0.1) is 0 Å². The smallest absolute Gasteiger partial charge is 0.293 e. The van der Waals surface area contributed by atoms with Crippen LogP contribution >= 0.6 is 11.8 Å². The first-order valence-electron chi connectivity index (χ1n) is 6.93. The zero-order chi connectivity index (χ0) is 18.4. The number of hydrogen-bond donors (Lipinski definition) is 1. The van der Waals surface area contributed by atoms with E-state index >= 15 is 0 Å². The Bertz CT molecular complexity index is 702. The zero-order valence-electron chi connectivity index (χ0n) is 12.7. The van der Waals surface area contributed by atoms with E-state index in [4.69, 9.17) is 0 Å². The van der Waals surface area contributed by atoms with Gasteiger partial charge in [-0.25, -0.2) is 4.72 Å². The molecule has 0 saturated heterocycles. The van der Waals surface area contributed by atoms with Gasteiger partial charge in [0.25, 0.3) is 5.91 Å². The highest BCUT2D eigenvalue weighted by Crippen LogP contribution is 2.22. The Morgan fingerprint density at radius 3 is 2.42 bits per heavy atom. The Morgan fingerprint density at radius 2 is 1.83 bits per heavy atom. The van der Waals surface area contributed by atoms with Crippen LogP contribution in [0.4, 0.5) is 13.2 Å². The van der Waals surface area contributed by atoms with Crippen LogP contribution in [0.5, 0.6) is 0 Å². The summed E-state index contributed by atoms with van der Waals surface area (Å²) in [6, 6.07) is 4.92. The summed E-state index contributed by atoms with van der Waals surface area (Å²) in [6.45, 7) is 2.01. The maximum absolute atomic E-state index is 12.3. The number of rotatable bonds is 8. The van der Waals surface area contributed by atoms with Crippen LogP contribution in [-0.2, 0) is 10.0 Å². The Balaban J connectivity index is 2.81. The number of ketones is 1.